The molecule has 0 saturated heterocycles. The van der Waals surface area contributed by atoms with Crippen LogP contribution in [-0.4, -0.2) is 37.0 Å². The lowest BCUT2D eigenvalue weighted by Gasteiger charge is -2.17. The van der Waals surface area contributed by atoms with Crippen LogP contribution in [0.15, 0.2) is 22.7 Å². The molecule has 0 aliphatic rings. The van der Waals surface area contributed by atoms with Gasteiger partial charge in [0.1, 0.15) is 0 Å². The summed E-state index contributed by atoms with van der Waals surface area (Å²) in [5.41, 5.74) is 0.734. The molecule has 0 heterocycles. The zero-order valence-corrected chi connectivity index (χ0v) is 15.1. The highest BCUT2D eigenvalue weighted by molar-refractivity contribution is 14.1. The Kier molecular flexibility index (Phi) is 7.94. The molecule has 1 N–H and O–H groups in total. The van der Waals surface area contributed by atoms with E-state index in [1.165, 1.54) is 0 Å². The summed E-state index contributed by atoms with van der Waals surface area (Å²) in [5, 5.41) is 2.98. The minimum atomic E-state index is 0.00486. The lowest BCUT2D eigenvalue weighted by atomic mass is 10.2. The first-order valence-electron chi connectivity index (χ1n) is 6.54. The van der Waals surface area contributed by atoms with Crippen molar-refractivity contribution >= 4 is 44.4 Å². The van der Waals surface area contributed by atoms with Gasteiger partial charge in [-0.2, -0.15) is 0 Å². The van der Waals surface area contributed by atoms with Crippen molar-refractivity contribution in [3.05, 3.63) is 31.8 Å². The van der Waals surface area contributed by atoms with Gasteiger partial charge in [0.25, 0.3) is 5.91 Å². The van der Waals surface area contributed by atoms with Crippen molar-refractivity contribution in [3.63, 3.8) is 0 Å². The standard InChI is InChI=1S/C14H20BrIN2O/c1-3-18(4-2)9-5-8-17-14(19)12-10-11(15)6-7-13(12)16/h6-7,10H,3-5,8-9H2,1-2H3,(H,17,19). The van der Waals surface area contributed by atoms with Crippen molar-refractivity contribution in [1.29, 1.82) is 0 Å². The fourth-order valence-corrected chi connectivity index (χ4v) is 2.75. The van der Waals surface area contributed by atoms with Gasteiger partial charge in [0.15, 0.2) is 0 Å². The lowest BCUT2D eigenvalue weighted by molar-refractivity contribution is 0.0951. The molecule has 19 heavy (non-hydrogen) atoms. The average molecular weight is 439 g/mol. The van der Waals surface area contributed by atoms with E-state index < -0.39 is 0 Å². The summed E-state index contributed by atoms with van der Waals surface area (Å²) in [7, 11) is 0. The van der Waals surface area contributed by atoms with E-state index in [4.69, 9.17) is 0 Å². The van der Waals surface area contributed by atoms with Crippen LogP contribution in [0.25, 0.3) is 0 Å². The number of carbonyl (C=O) groups excluding carboxylic acids is 1. The number of nitrogens with zero attached hydrogens (tertiary/aromatic N) is 1. The monoisotopic (exact) mass is 438 g/mol. The second-order valence-corrected chi connectivity index (χ2v) is 6.34. The van der Waals surface area contributed by atoms with Crippen LogP contribution in [0, 0.1) is 3.57 Å². The van der Waals surface area contributed by atoms with Crippen molar-refractivity contribution in [1.82, 2.24) is 10.2 Å². The number of hydrogen-bond donors (Lipinski definition) is 1. The summed E-state index contributed by atoms with van der Waals surface area (Å²) in [4.78, 5) is 14.4. The van der Waals surface area contributed by atoms with Gasteiger partial charge in [-0.25, -0.2) is 0 Å². The van der Waals surface area contributed by atoms with Gasteiger partial charge in [0, 0.05) is 14.6 Å². The predicted molar refractivity (Wildman–Crippen MR) is 91.6 cm³/mol. The minimum absolute atomic E-state index is 0.00486. The maximum absolute atomic E-state index is 12.1. The Hall–Kier alpha value is -0.140. The molecule has 0 radical (unpaired) electrons. The minimum Gasteiger partial charge on any atom is -0.352 e. The third kappa shape index (κ3) is 5.79. The second kappa shape index (κ2) is 8.92. The Labute approximate surface area is 137 Å². The summed E-state index contributed by atoms with van der Waals surface area (Å²) in [5.74, 6) is 0.00486. The smallest absolute Gasteiger partial charge is 0.252 e. The molecular formula is C14H20BrIN2O. The van der Waals surface area contributed by atoms with Crippen LogP contribution in [0.5, 0.6) is 0 Å². The van der Waals surface area contributed by atoms with E-state index in [1.54, 1.807) is 0 Å². The van der Waals surface area contributed by atoms with Crippen LogP contribution in [0.1, 0.15) is 30.6 Å². The van der Waals surface area contributed by atoms with Gasteiger partial charge in [-0.1, -0.05) is 29.8 Å². The lowest BCUT2D eigenvalue weighted by Crippen LogP contribution is -2.30. The predicted octanol–water partition coefficient (Wildman–Crippen LogP) is 3.52. The molecule has 1 aromatic rings. The molecule has 0 aliphatic carbocycles. The van der Waals surface area contributed by atoms with Crippen molar-refractivity contribution in [2.45, 2.75) is 20.3 Å². The van der Waals surface area contributed by atoms with E-state index in [2.05, 4.69) is 62.6 Å². The van der Waals surface area contributed by atoms with E-state index in [9.17, 15) is 4.79 Å². The van der Waals surface area contributed by atoms with Gasteiger partial charge in [-0.15, -0.1) is 0 Å². The largest absolute Gasteiger partial charge is 0.352 e. The molecule has 1 rings (SSSR count). The average Bonchev–Trinajstić information content (AvgIpc) is 2.41. The van der Waals surface area contributed by atoms with Crippen molar-refractivity contribution in [2.24, 2.45) is 0 Å². The van der Waals surface area contributed by atoms with Crippen molar-refractivity contribution in [2.75, 3.05) is 26.2 Å². The van der Waals surface area contributed by atoms with Crippen molar-refractivity contribution < 1.29 is 4.79 Å². The van der Waals surface area contributed by atoms with Crippen LogP contribution in [-0.2, 0) is 0 Å². The Morgan fingerprint density at radius 2 is 2.05 bits per heavy atom. The Morgan fingerprint density at radius 1 is 1.37 bits per heavy atom. The van der Waals surface area contributed by atoms with Crippen molar-refractivity contribution in [3.8, 4) is 0 Å². The molecule has 5 heteroatoms. The van der Waals surface area contributed by atoms with Gasteiger partial charge in [0.2, 0.25) is 0 Å². The quantitative estimate of drug-likeness (QED) is 0.521. The number of benzene rings is 1. The highest BCUT2D eigenvalue weighted by atomic mass is 127. The molecule has 0 spiro atoms. The van der Waals surface area contributed by atoms with Gasteiger partial charge in [-0.05, 0) is 66.8 Å². The van der Waals surface area contributed by atoms with Crippen LogP contribution >= 0.6 is 38.5 Å². The molecule has 0 aromatic heterocycles. The molecule has 0 unspecified atom stereocenters. The molecule has 0 atom stereocenters. The molecule has 106 valence electrons. The maximum atomic E-state index is 12.1. The Balaban J connectivity index is 2.41. The van der Waals surface area contributed by atoms with E-state index in [0.717, 1.165) is 46.2 Å². The zero-order chi connectivity index (χ0) is 14.3. The van der Waals surface area contributed by atoms with Gasteiger partial charge >= 0.3 is 0 Å². The van der Waals surface area contributed by atoms with E-state index in [1.807, 2.05) is 18.2 Å². The molecular weight excluding hydrogens is 419 g/mol. The number of hydrogen-bond acceptors (Lipinski definition) is 2. The third-order valence-electron chi connectivity index (χ3n) is 3.00. The Morgan fingerprint density at radius 3 is 2.68 bits per heavy atom. The number of halogens is 2. The molecule has 0 aliphatic heterocycles. The number of amides is 1. The van der Waals surface area contributed by atoms with E-state index >= 15 is 0 Å². The van der Waals surface area contributed by atoms with Crippen LogP contribution in [0.3, 0.4) is 0 Å². The summed E-state index contributed by atoms with van der Waals surface area (Å²) in [6.45, 7) is 8.20. The third-order valence-corrected chi connectivity index (χ3v) is 4.44. The number of nitrogens with one attached hydrogen (secondary N) is 1. The van der Waals surface area contributed by atoms with Crippen LogP contribution < -0.4 is 5.32 Å². The Bertz CT molecular complexity index is 422. The van der Waals surface area contributed by atoms with Gasteiger partial charge in [-0.3, -0.25) is 4.79 Å². The second-order valence-electron chi connectivity index (χ2n) is 4.26. The first-order chi connectivity index (χ1) is 9.08. The van der Waals surface area contributed by atoms with Gasteiger partial charge in [0.05, 0.1) is 5.56 Å². The highest BCUT2D eigenvalue weighted by Crippen LogP contribution is 2.18. The van der Waals surface area contributed by atoms with E-state index in [0.29, 0.717) is 0 Å². The molecule has 1 aromatic carbocycles. The van der Waals surface area contributed by atoms with Crippen LogP contribution in [0.2, 0.25) is 0 Å². The normalized spacial score (nSPS) is 10.8. The molecule has 0 saturated carbocycles. The number of rotatable bonds is 7. The summed E-state index contributed by atoms with van der Waals surface area (Å²) < 4.78 is 1.91. The molecule has 3 nitrogen and oxygen atoms in total. The maximum Gasteiger partial charge on any atom is 0.252 e. The topological polar surface area (TPSA) is 32.3 Å². The fourth-order valence-electron chi connectivity index (χ4n) is 1.81. The van der Waals surface area contributed by atoms with Gasteiger partial charge < -0.3 is 10.2 Å². The summed E-state index contributed by atoms with van der Waals surface area (Å²) in [6.07, 6.45) is 0.984. The first-order valence-corrected chi connectivity index (χ1v) is 8.41. The fraction of sp³-hybridized carbons (Fsp3) is 0.500. The molecule has 0 fully saturated rings. The zero-order valence-electron chi connectivity index (χ0n) is 11.4. The first kappa shape index (κ1) is 16.9. The summed E-state index contributed by atoms with van der Waals surface area (Å²) in [6, 6.07) is 5.75. The molecule has 0 bridgehead atoms. The van der Waals surface area contributed by atoms with E-state index in [-0.39, 0.29) is 5.91 Å². The van der Waals surface area contributed by atoms with Crippen LogP contribution in [0.4, 0.5) is 0 Å². The number of carbonyl (C=O) groups is 1. The SMILES string of the molecule is CCN(CC)CCCNC(=O)c1cc(Br)ccc1I. The highest BCUT2D eigenvalue weighted by Gasteiger charge is 2.09. The molecule has 1 amide bonds. The summed E-state index contributed by atoms with van der Waals surface area (Å²) >= 11 is 5.58.